The average molecular weight is 286 g/mol. The van der Waals surface area contributed by atoms with Crippen LogP contribution in [-0.4, -0.2) is 35.2 Å². The minimum Gasteiger partial charge on any atom is -0.354 e. The maximum absolute atomic E-state index is 12.5. The zero-order chi connectivity index (χ0) is 15.0. The third-order valence-corrected chi connectivity index (χ3v) is 4.09. The molecular weight excluding hydrogens is 268 g/mol. The van der Waals surface area contributed by atoms with E-state index in [4.69, 9.17) is 0 Å². The number of piperidine rings is 1. The lowest BCUT2D eigenvalue weighted by Gasteiger charge is -2.28. The highest BCUT2D eigenvalue weighted by atomic mass is 16.2. The molecule has 3 rings (SSSR count). The highest BCUT2D eigenvalue weighted by molar-refractivity contribution is 6.23. The van der Waals surface area contributed by atoms with Gasteiger partial charge in [-0.1, -0.05) is 19.4 Å². The van der Waals surface area contributed by atoms with Crippen LogP contribution in [0, 0.1) is 0 Å². The van der Waals surface area contributed by atoms with Crippen LogP contribution in [0.15, 0.2) is 18.2 Å². The van der Waals surface area contributed by atoms with Gasteiger partial charge in [0.15, 0.2) is 0 Å². The molecule has 0 spiro atoms. The standard InChI is InChI=1S/C16H18N2O3/c1-2-4-10-6-7-11-12(9-10)16(21)18(15(11)20)13-5-3-8-17-14(13)19/h6-7,9,13H,2-5,8H2,1H3,(H,17,19). The Morgan fingerprint density at radius 3 is 2.67 bits per heavy atom. The molecule has 1 atom stereocenters. The number of hydrogen-bond acceptors (Lipinski definition) is 3. The third-order valence-electron chi connectivity index (χ3n) is 4.09. The second kappa shape index (κ2) is 5.31. The number of benzene rings is 1. The topological polar surface area (TPSA) is 66.5 Å². The second-order valence-electron chi connectivity index (χ2n) is 5.56. The van der Waals surface area contributed by atoms with Crippen molar-refractivity contribution in [1.29, 1.82) is 0 Å². The molecule has 1 unspecified atom stereocenters. The van der Waals surface area contributed by atoms with E-state index >= 15 is 0 Å². The molecule has 3 amide bonds. The molecule has 0 radical (unpaired) electrons. The van der Waals surface area contributed by atoms with Crippen LogP contribution in [0.2, 0.25) is 0 Å². The summed E-state index contributed by atoms with van der Waals surface area (Å²) in [5.74, 6) is -0.917. The zero-order valence-electron chi connectivity index (χ0n) is 12.0. The van der Waals surface area contributed by atoms with E-state index in [0.717, 1.165) is 29.7 Å². The van der Waals surface area contributed by atoms with Crippen LogP contribution < -0.4 is 5.32 Å². The summed E-state index contributed by atoms with van der Waals surface area (Å²) < 4.78 is 0. The predicted octanol–water partition coefficient (Wildman–Crippen LogP) is 1.51. The molecule has 2 aliphatic rings. The first-order chi connectivity index (χ1) is 10.1. The molecule has 1 aromatic rings. The lowest BCUT2D eigenvalue weighted by atomic mass is 10.0. The van der Waals surface area contributed by atoms with E-state index in [1.54, 1.807) is 12.1 Å². The molecule has 110 valence electrons. The Hall–Kier alpha value is -2.17. The summed E-state index contributed by atoms with van der Waals surface area (Å²) in [6.07, 6.45) is 3.18. The van der Waals surface area contributed by atoms with Crippen LogP contribution in [0.3, 0.4) is 0 Å². The molecule has 0 aliphatic carbocycles. The summed E-state index contributed by atoms with van der Waals surface area (Å²) in [7, 11) is 0. The Labute approximate surface area is 123 Å². The Kier molecular flexibility index (Phi) is 3.49. The van der Waals surface area contributed by atoms with Gasteiger partial charge in [0.05, 0.1) is 11.1 Å². The van der Waals surface area contributed by atoms with Crippen molar-refractivity contribution in [2.75, 3.05) is 6.54 Å². The molecule has 2 heterocycles. The van der Waals surface area contributed by atoms with Crippen molar-refractivity contribution >= 4 is 17.7 Å². The SMILES string of the molecule is CCCc1ccc2c(c1)C(=O)N(C1CCCNC1=O)C2=O. The van der Waals surface area contributed by atoms with Gasteiger partial charge < -0.3 is 5.32 Å². The van der Waals surface area contributed by atoms with Gasteiger partial charge in [0, 0.05) is 6.54 Å². The summed E-state index contributed by atoms with van der Waals surface area (Å²) in [5, 5.41) is 2.72. The number of amides is 3. The lowest BCUT2D eigenvalue weighted by molar-refractivity contribution is -0.126. The van der Waals surface area contributed by atoms with Gasteiger partial charge in [0.1, 0.15) is 6.04 Å². The lowest BCUT2D eigenvalue weighted by Crippen LogP contribution is -2.52. The van der Waals surface area contributed by atoms with Crippen LogP contribution >= 0.6 is 0 Å². The number of carbonyl (C=O) groups is 3. The van der Waals surface area contributed by atoms with Crippen molar-refractivity contribution in [3.05, 3.63) is 34.9 Å². The van der Waals surface area contributed by atoms with Crippen molar-refractivity contribution in [3.63, 3.8) is 0 Å². The largest absolute Gasteiger partial charge is 0.354 e. The Bertz CT molecular complexity index is 624. The van der Waals surface area contributed by atoms with Crippen molar-refractivity contribution in [3.8, 4) is 0 Å². The van der Waals surface area contributed by atoms with Crippen LogP contribution in [0.1, 0.15) is 52.5 Å². The van der Waals surface area contributed by atoms with Gasteiger partial charge in [0.25, 0.3) is 11.8 Å². The van der Waals surface area contributed by atoms with E-state index in [9.17, 15) is 14.4 Å². The summed E-state index contributed by atoms with van der Waals surface area (Å²) in [5.41, 5.74) is 1.90. The van der Waals surface area contributed by atoms with Crippen LogP contribution in [0.25, 0.3) is 0 Å². The maximum atomic E-state index is 12.5. The highest BCUT2D eigenvalue weighted by Gasteiger charge is 2.43. The van der Waals surface area contributed by atoms with Gasteiger partial charge >= 0.3 is 0 Å². The van der Waals surface area contributed by atoms with Gasteiger partial charge in [-0.2, -0.15) is 0 Å². The predicted molar refractivity (Wildman–Crippen MR) is 77.0 cm³/mol. The Balaban J connectivity index is 1.94. The Morgan fingerprint density at radius 2 is 1.95 bits per heavy atom. The van der Waals surface area contributed by atoms with E-state index in [-0.39, 0.29) is 17.7 Å². The van der Waals surface area contributed by atoms with E-state index < -0.39 is 6.04 Å². The highest BCUT2D eigenvalue weighted by Crippen LogP contribution is 2.28. The Morgan fingerprint density at radius 1 is 1.19 bits per heavy atom. The molecule has 1 fully saturated rings. The molecule has 0 bridgehead atoms. The summed E-state index contributed by atoms with van der Waals surface area (Å²) in [4.78, 5) is 38.0. The quantitative estimate of drug-likeness (QED) is 0.857. The van der Waals surface area contributed by atoms with Gasteiger partial charge in [0.2, 0.25) is 5.91 Å². The monoisotopic (exact) mass is 286 g/mol. The smallest absolute Gasteiger partial charge is 0.262 e. The summed E-state index contributed by atoms with van der Waals surface area (Å²) in [6.45, 7) is 2.68. The number of nitrogens with one attached hydrogen (secondary N) is 1. The van der Waals surface area contributed by atoms with Crippen LogP contribution in [-0.2, 0) is 11.2 Å². The number of imide groups is 1. The molecule has 0 aromatic heterocycles. The fourth-order valence-electron chi connectivity index (χ4n) is 3.04. The first kappa shape index (κ1) is 13.8. The average Bonchev–Trinajstić information content (AvgIpc) is 2.72. The van der Waals surface area contributed by atoms with Crippen molar-refractivity contribution in [2.24, 2.45) is 0 Å². The van der Waals surface area contributed by atoms with Crippen molar-refractivity contribution < 1.29 is 14.4 Å². The molecule has 1 aromatic carbocycles. The van der Waals surface area contributed by atoms with Crippen molar-refractivity contribution in [1.82, 2.24) is 10.2 Å². The molecule has 21 heavy (non-hydrogen) atoms. The van der Waals surface area contributed by atoms with E-state index in [2.05, 4.69) is 12.2 Å². The molecule has 1 N–H and O–H groups in total. The minimum atomic E-state index is -0.666. The molecule has 2 aliphatic heterocycles. The zero-order valence-corrected chi connectivity index (χ0v) is 12.0. The maximum Gasteiger partial charge on any atom is 0.262 e. The van der Waals surface area contributed by atoms with Gasteiger partial charge in [-0.3, -0.25) is 19.3 Å². The molecule has 0 saturated carbocycles. The van der Waals surface area contributed by atoms with Gasteiger partial charge in [-0.15, -0.1) is 0 Å². The molecular formula is C16H18N2O3. The van der Waals surface area contributed by atoms with E-state index in [1.807, 2.05) is 6.07 Å². The number of rotatable bonds is 3. The number of carbonyl (C=O) groups excluding carboxylic acids is 3. The molecule has 1 saturated heterocycles. The number of aryl methyl sites for hydroxylation is 1. The summed E-state index contributed by atoms with van der Waals surface area (Å²) >= 11 is 0. The summed E-state index contributed by atoms with van der Waals surface area (Å²) in [6, 6.07) is 4.72. The number of nitrogens with zero attached hydrogens (tertiary/aromatic N) is 1. The fourth-order valence-corrected chi connectivity index (χ4v) is 3.04. The number of hydrogen-bond donors (Lipinski definition) is 1. The molecule has 5 nitrogen and oxygen atoms in total. The van der Waals surface area contributed by atoms with Crippen molar-refractivity contribution in [2.45, 2.75) is 38.6 Å². The van der Waals surface area contributed by atoms with Gasteiger partial charge in [-0.05, 0) is 37.0 Å². The third kappa shape index (κ3) is 2.22. The fraction of sp³-hybridized carbons (Fsp3) is 0.438. The van der Waals surface area contributed by atoms with Crippen LogP contribution in [0.4, 0.5) is 0 Å². The normalized spacial score (nSPS) is 21.5. The van der Waals surface area contributed by atoms with Gasteiger partial charge in [-0.25, -0.2) is 0 Å². The molecule has 5 heteroatoms. The van der Waals surface area contributed by atoms with E-state index in [0.29, 0.717) is 24.1 Å². The second-order valence-corrected chi connectivity index (χ2v) is 5.56. The van der Waals surface area contributed by atoms with E-state index in [1.165, 1.54) is 0 Å². The first-order valence-electron chi connectivity index (χ1n) is 7.42. The first-order valence-corrected chi connectivity index (χ1v) is 7.42. The minimum absolute atomic E-state index is 0.232. The number of fused-ring (bicyclic) bond motifs is 1. The van der Waals surface area contributed by atoms with Crippen LogP contribution in [0.5, 0.6) is 0 Å².